The fourth-order valence-electron chi connectivity index (χ4n) is 2.39. The van der Waals surface area contributed by atoms with E-state index in [1.54, 1.807) is 57.2 Å². The van der Waals surface area contributed by atoms with Gasteiger partial charge in [-0.2, -0.15) is 0 Å². The summed E-state index contributed by atoms with van der Waals surface area (Å²) in [5, 5.41) is 17.3. The zero-order chi connectivity index (χ0) is 20.6. The summed E-state index contributed by atoms with van der Waals surface area (Å²) in [5.74, 6) is -0.284. The summed E-state index contributed by atoms with van der Waals surface area (Å²) in [7, 11) is 0. The number of amides is 2. The molecule has 0 saturated carbocycles. The summed E-state index contributed by atoms with van der Waals surface area (Å²) in [6.07, 6.45) is -0.589. The van der Waals surface area contributed by atoms with E-state index in [1.807, 2.05) is 12.1 Å². The minimum Gasteiger partial charge on any atom is -0.444 e. The maximum absolute atomic E-state index is 12.5. The lowest BCUT2D eigenvalue weighted by Crippen LogP contribution is -2.27. The molecule has 0 bridgehead atoms. The van der Waals surface area contributed by atoms with Gasteiger partial charge < -0.3 is 20.5 Å². The van der Waals surface area contributed by atoms with Crippen LogP contribution < -0.4 is 16.0 Å². The molecule has 150 valence electrons. The Bertz CT molecular complexity index is 798. The lowest BCUT2D eigenvalue weighted by molar-refractivity contribution is 0.0635. The number of carbonyl (C=O) groups excluding carboxylic acids is 2. The van der Waals surface area contributed by atoms with E-state index in [2.05, 4.69) is 16.0 Å². The maximum atomic E-state index is 12.5. The molecule has 2 aromatic rings. The van der Waals surface area contributed by atoms with Crippen molar-refractivity contribution in [3.05, 3.63) is 59.7 Å². The first-order chi connectivity index (χ1) is 13.3. The molecule has 0 aliphatic rings. The minimum atomic E-state index is -0.615. The molecule has 28 heavy (non-hydrogen) atoms. The predicted octanol–water partition coefficient (Wildman–Crippen LogP) is 3.37. The highest BCUT2D eigenvalue weighted by atomic mass is 16.6. The molecule has 0 heterocycles. The third-order valence-corrected chi connectivity index (χ3v) is 3.64. The van der Waals surface area contributed by atoms with Crippen molar-refractivity contribution in [2.24, 2.45) is 0 Å². The van der Waals surface area contributed by atoms with E-state index in [-0.39, 0.29) is 12.5 Å². The summed E-state index contributed by atoms with van der Waals surface area (Å²) < 4.78 is 5.26. The van der Waals surface area contributed by atoms with Crippen LogP contribution in [0.5, 0.6) is 0 Å². The van der Waals surface area contributed by atoms with E-state index in [1.165, 1.54) is 0 Å². The number of hydrogen-bond donors (Lipinski definition) is 4. The maximum Gasteiger partial charge on any atom is 0.412 e. The van der Waals surface area contributed by atoms with Crippen molar-refractivity contribution in [3.8, 4) is 0 Å². The van der Waals surface area contributed by atoms with Crippen LogP contribution in [0.3, 0.4) is 0 Å². The van der Waals surface area contributed by atoms with Crippen LogP contribution in [0.4, 0.5) is 16.2 Å². The number of ether oxygens (including phenoxy) is 1. The van der Waals surface area contributed by atoms with Crippen LogP contribution in [0.1, 0.15) is 36.7 Å². The Kier molecular flexibility index (Phi) is 7.54. The van der Waals surface area contributed by atoms with E-state index < -0.39 is 11.7 Å². The number of aliphatic hydroxyl groups is 1. The van der Waals surface area contributed by atoms with Crippen LogP contribution in [0.15, 0.2) is 48.5 Å². The van der Waals surface area contributed by atoms with Crippen LogP contribution in [0, 0.1) is 0 Å². The van der Waals surface area contributed by atoms with Gasteiger partial charge >= 0.3 is 6.09 Å². The van der Waals surface area contributed by atoms with Crippen molar-refractivity contribution in [1.29, 1.82) is 0 Å². The third-order valence-electron chi connectivity index (χ3n) is 3.64. The van der Waals surface area contributed by atoms with E-state index in [0.29, 0.717) is 30.0 Å². The van der Waals surface area contributed by atoms with Gasteiger partial charge in [-0.3, -0.25) is 10.1 Å². The molecule has 4 N–H and O–H groups in total. The number of rotatable bonds is 7. The molecule has 7 nitrogen and oxygen atoms in total. The number of hydrogen-bond acceptors (Lipinski definition) is 5. The van der Waals surface area contributed by atoms with E-state index >= 15 is 0 Å². The molecule has 0 saturated heterocycles. The van der Waals surface area contributed by atoms with Crippen molar-refractivity contribution in [2.75, 3.05) is 23.8 Å². The first-order valence-electron chi connectivity index (χ1n) is 9.09. The van der Waals surface area contributed by atoms with Gasteiger partial charge in [0, 0.05) is 18.7 Å². The van der Waals surface area contributed by atoms with Crippen LogP contribution in [0.25, 0.3) is 0 Å². The molecule has 0 unspecified atom stereocenters. The van der Waals surface area contributed by atoms with Crippen LogP contribution in [0.2, 0.25) is 0 Å². The molecular weight excluding hydrogens is 358 g/mol. The monoisotopic (exact) mass is 385 g/mol. The Balaban J connectivity index is 2.03. The number of aliphatic hydroxyl groups excluding tert-OH is 1. The fraction of sp³-hybridized carbons (Fsp3) is 0.333. The van der Waals surface area contributed by atoms with Gasteiger partial charge in [-0.05, 0) is 50.6 Å². The molecule has 2 rings (SSSR count). The van der Waals surface area contributed by atoms with Crippen molar-refractivity contribution in [1.82, 2.24) is 5.32 Å². The predicted molar refractivity (Wildman–Crippen MR) is 109 cm³/mol. The molecule has 7 heteroatoms. The van der Waals surface area contributed by atoms with E-state index in [4.69, 9.17) is 9.84 Å². The topological polar surface area (TPSA) is 99.7 Å². The quantitative estimate of drug-likeness (QED) is 0.548. The highest BCUT2D eigenvalue weighted by Gasteiger charge is 2.17. The molecule has 2 amide bonds. The van der Waals surface area contributed by atoms with Gasteiger partial charge in [-0.1, -0.05) is 24.3 Å². The Morgan fingerprint density at radius 1 is 0.964 bits per heavy atom. The van der Waals surface area contributed by atoms with Crippen molar-refractivity contribution >= 4 is 23.4 Å². The molecule has 0 aliphatic heterocycles. The smallest absolute Gasteiger partial charge is 0.412 e. The summed E-state index contributed by atoms with van der Waals surface area (Å²) in [6.45, 7) is 6.56. The molecule has 0 aliphatic carbocycles. The lowest BCUT2D eigenvalue weighted by Gasteiger charge is -2.20. The fourth-order valence-corrected chi connectivity index (χ4v) is 2.39. The first kappa shape index (κ1) is 21.4. The highest BCUT2D eigenvalue weighted by molar-refractivity contribution is 6.06. The number of anilines is 2. The van der Waals surface area contributed by atoms with Gasteiger partial charge in [0.25, 0.3) is 5.91 Å². The Hall–Kier alpha value is -2.90. The largest absolute Gasteiger partial charge is 0.444 e. The first-order valence-corrected chi connectivity index (χ1v) is 9.09. The summed E-state index contributed by atoms with van der Waals surface area (Å²) in [4.78, 5) is 24.6. The van der Waals surface area contributed by atoms with E-state index in [0.717, 1.165) is 5.56 Å². The van der Waals surface area contributed by atoms with Crippen LogP contribution in [-0.2, 0) is 11.3 Å². The van der Waals surface area contributed by atoms with E-state index in [9.17, 15) is 9.59 Å². The third kappa shape index (κ3) is 7.02. The highest BCUT2D eigenvalue weighted by Crippen LogP contribution is 2.23. The Morgan fingerprint density at radius 2 is 1.57 bits per heavy atom. The second kappa shape index (κ2) is 9.87. The lowest BCUT2D eigenvalue weighted by atomic mass is 10.1. The molecular formula is C21H27N3O4. The molecule has 2 aromatic carbocycles. The van der Waals surface area contributed by atoms with Gasteiger partial charge in [0.1, 0.15) is 5.60 Å². The van der Waals surface area contributed by atoms with Crippen LogP contribution in [-0.4, -0.2) is 35.9 Å². The van der Waals surface area contributed by atoms with Crippen molar-refractivity contribution in [3.63, 3.8) is 0 Å². The molecule has 0 radical (unpaired) electrons. The number of benzene rings is 2. The van der Waals surface area contributed by atoms with Gasteiger partial charge in [0.05, 0.1) is 18.0 Å². The second-order valence-corrected chi connectivity index (χ2v) is 7.22. The summed E-state index contributed by atoms with van der Waals surface area (Å²) >= 11 is 0. The molecule has 0 spiro atoms. The van der Waals surface area contributed by atoms with Crippen molar-refractivity contribution < 1.29 is 19.4 Å². The van der Waals surface area contributed by atoms with Gasteiger partial charge in [-0.15, -0.1) is 0 Å². The SMILES string of the molecule is CC(C)(C)OC(=O)Nc1ccccc1NC(=O)c1ccc(CNCCO)cc1. The van der Waals surface area contributed by atoms with Gasteiger partial charge in [0.15, 0.2) is 0 Å². The number of para-hydroxylation sites is 2. The standard InChI is InChI=1S/C21H27N3O4/c1-21(2,3)28-20(27)24-18-7-5-4-6-17(18)23-19(26)16-10-8-15(9-11-16)14-22-12-13-25/h4-11,22,25H,12-14H2,1-3H3,(H,23,26)(H,24,27). The normalized spacial score (nSPS) is 11.0. The average Bonchev–Trinajstić information content (AvgIpc) is 2.62. The Labute approximate surface area is 165 Å². The van der Waals surface area contributed by atoms with Crippen LogP contribution >= 0.6 is 0 Å². The number of nitrogens with one attached hydrogen (secondary N) is 3. The molecule has 0 aromatic heterocycles. The molecule has 0 fully saturated rings. The summed E-state index contributed by atoms with van der Waals surface area (Å²) in [5.41, 5.74) is 1.83. The Morgan fingerprint density at radius 3 is 2.14 bits per heavy atom. The minimum absolute atomic E-state index is 0.0806. The zero-order valence-electron chi connectivity index (χ0n) is 16.4. The van der Waals surface area contributed by atoms with Crippen molar-refractivity contribution in [2.45, 2.75) is 32.9 Å². The summed E-state index contributed by atoms with van der Waals surface area (Å²) in [6, 6.07) is 14.1. The number of carbonyl (C=O) groups is 2. The average molecular weight is 385 g/mol. The molecule has 0 atom stereocenters. The second-order valence-electron chi connectivity index (χ2n) is 7.22. The van der Waals surface area contributed by atoms with Gasteiger partial charge in [0.2, 0.25) is 0 Å². The van der Waals surface area contributed by atoms with Gasteiger partial charge in [-0.25, -0.2) is 4.79 Å². The zero-order valence-corrected chi connectivity index (χ0v) is 16.4.